The van der Waals surface area contributed by atoms with Gasteiger partial charge in [-0.05, 0) is 36.0 Å². The van der Waals surface area contributed by atoms with Crippen molar-refractivity contribution >= 4 is 15.9 Å². The van der Waals surface area contributed by atoms with E-state index in [2.05, 4.69) is 48.0 Å². The number of hydrogen-bond donors (Lipinski definition) is 1. The van der Waals surface area contributed by atoms with Gasteiger partial charge in [0.05, 0.1) is 6.61 Å². The fourth-order valence-electron chi connectivity index (χ4n) is 1.61. The summed E-state index contributed by atoms with van der Waals surface area (Å²) in [4.78, 5) is 0. The first-order valence-electron chi connectivity index (χ1n) is 6.18. The van der Waals surface area contributed by atoms with Crippen LogP contribution < -0.4 is 5.73 Å². The van der Waals surface area contributed by atoms with Gasteiger partial charge >= 0.3 is 0 Å². The summed E-state index contributed by atoms with van der Waals surface area (Å²) >= 11 is 3.54. The fraction of sp³-hybridized carbons (Fsp3) is 0.571. The van der Waals surface area contributed by atoms with Gasteiger partial charge in [-0.1, -0.05) is 41.9 Å². The van der Waals surface area contributed by atoms with E-state index in [-0.39, 0.29) is 0 Å². The first-order valence-corrected chi connectivity index (χ1v) is 6.98. The highest BCUT2D eigenvalue weighted by Gasteiger charge is 2.01. The highest BCUT2D eigenvalue weighted by atomic mass is 79.9. The van der Waals surface area contributed by atoms with Crippen LogP contribution in [0.1, 0.15) is 37.8 Å². The number of ether oxygens (including phenoxy) is 1. The predicted octanol–water partition coefficient (Wildman–Crippen LogP) is 3.86. The minimum absolute atomic E-state index is 0.578. The molecule has 0 saturated carbocycles. The Morgan fingerprint density at radius 3 is 2.71 bits per heavy atom. The van der Waals surface area contributed by atoms with Crippen molar-refractivity contribution in [2.24, 2.45) is 11.7 Å². The van der Waals surface area contributed by atoms with Gasteiger partial charge in [-0.3, -0.25) is 0 Å². The van der Waals surface area contributed by atoms with Crippen LogP contribution in [0.5, 0.6) is 0 Å². The molecule has 0 saturated heterocycles. The monoisotopic (exact) mass is 299 g/mol. The van der Waals surface area contributed by atoms with Crippen molar-refractivity contribution in [2.75, 3.05) is 6.61 Å². The highest BCUT2D eigenvalue weighted by molar-refractivity contribution is 9.10. The molecule has 96 valence electrons. The second-order valence-corrected chi connectivity index (χ2v) is 5.57. The third kappa shape index (κ3) is 5.66. The Hall–Kier alpha value is -0.380. The quantitative estimate of drug-likeness (QED) is 0.776. The summed E-state index contributed by atoms with van der Waals surface area (Å²) in [5, 5.41) is 0. The van der Waals surface area contributed by atoms with Gasteiger partial charge in [0.15, 0.2) is 0 Å². The van der Waals surface area contributed by atoms with Gasteiger partial charge < -0.3 is 10.5 Å². The minimum Gasteiger partial charge on any atom is -0.377 e. The molecule has 0 unspecified atom stereocenters. The molecule has 0 fully saturated rings. The molecule has 3 heteroatoms. The number of nitrogens with two attached hydrogens (primary N) is 1. The zero-order valence-corrected chi connectivity index (χ0v) is 12.3. The van der Waals surface area contributed by atoms with E-state index < -0.39 is 0 Å². The third-order valence-electron chi connectivity index (χ3n) is 2.68. The largest absolute Gasteiger partial charge is 0.377 e. The van der Waals surface area contributed by atoms with Crippen molar-refractivity contribution in [1.29, 1.82) is 0 Å². The third-order valence-corrected chi connectivity index (χ3v) is 3.42. The van der Waals surface area contributed by atoms with Gasteiger partial charge in [-0.2, -0.15) is 0 Å². The Bertz CT molecular complexity index is 339. The van der Waals surface area contributed by atoms with Gasteiger partial charge in [0.1, 0.15) is 0 Å². The number of rotatable bonds is 7. The zero-order chi connectivity index (χ0) is 12.7. The maximum Gasteiger partial charge on any atom is 0.0727 e. The van der Waals surface area contributed by atoms with E-state index >= 15 is 0 Å². The second kappa shape index (κ2) is 7.85. The molecule has 2 N–H and O–H groups in total. The lowest BCUT2D eigenvalue weighted by atomic mass is 10.1. The summed E-state index contributed by atoms with van der Waals surface area (Å²) in [6.45, 7) is 6.56. The van der Waals surface area contributed by atoms with Crippen LogP contribution in [0.2, 0.25) is 0 Å². The zero-order valence-electron chi connectivity index (χ0n) is 10.7. The number of benzene rings is 1. The summed E-state index contributed by atoms with van der Waals surface area (Å²) in [6, 6.07) is 6.19. The number of halogens is 1. The summed E-state index contributed by atoms with van der Waals surface area (Å²) in [5.41, 5.74) is 7.91. The molecular weight excluding hydrogens is 278 g/mol. The van der Waals surface area contributed by atoms with Crippen molar-refractivity contribution in [3.63, 3.8) is 0 Å². The second-order valence-electron chi connectivity index (χ2n) is 4.72. The summed E-state index contributed by atoms with van der Waals surface area (Å²) < 4.78 is 6.75. The van der Waals surface area contributed by atoms with E-state index in [1.165, 1.54) is 12.0 Å². The van der Waals surface area contributed by atoms with Crippen LogP contribution in [-0.2, 0) is 17.9 Å². The molecule has 0 heterocycles. The van der Waals surface area contributed by atoms with Crippen LogP contribution in [0, 0.1) is 5.92 Å². The molecule has 1 rings (SSSR count). The van der Waals surface area contributed by atoms with Gasteiger partial charge in [0.25, 0.3) is 0 Å². The molecule has 2 nitrogen and oxygen atoms in total. The first-order chi connectivity index (χ1) is 8.13. The van der Waals surface area contributed by atoms with Crippen LogP contribution in [0.25, 0.3) is 0 Å². The summed E-state index contributed by atoms with van der Waals surface area (Å²) in [5.74, 6) is 0.758. The van der Waals surface area contributed by atoms with Gasteiger partial charge in [-0.25, -0.2) is 0 Å². The molecule has 1 aromatic carbocycles. The van der Waals surface area contributed by atoms with E-state index in [0.29, 0.717) is 13.2 Å². The molecular formula is C14H22BrNO. The predicted molar refractivity (Wildman–Crippen MR) is 75.8 cm³/mol. The lowest BCUT2D eigenvalue weighted by Crippen LogP contribution is -2.00. The highest BCUT2D eigenvalue weighted by Crippen LogP contribution is 2.19. The average molecular weight is 300 g/mol. The van der Waals surface area contributed by atoms with Gasteiger partial charge in [-0.15, -0.1) is 0 Å². The smallest absolute Gasteiger partial charge is 0.0727 e. The molecule has 0 spiro atoms. The molecule has 0 atom stereocenters. The van der Waals surface area contributed by atoms with E-state index in [1.807, 2.05) is 0 Å². The van der Waals surface area contributed by atoms with Crippen molar-refractivity contribution < 1.29 is 4.74 Å². The Kier molecular flexibility index (Phi) is 6.78. The standard InChI is InChI=1S/C14H22BrNO/c1-11(2)4-3-7-17-10-13-6-5-12(9-16)8-14(13)15/h5-6,8,11H,3-4,7,9-10,16H2,1-2H3. The molecule has 0 aliphatic rings. The van der Waals surface area contributed by atoms with Crippen LogP contribution in [0.3, 0.4) is 0 Å². The minimum atomic E-state index is 0.578. The molecule has 0 aromatic heterocycles. The lowest BCUT2D eigenvalue weighted by Gasteiger charge is -2.08. The molecule has 17 heavy (non-hydrogen) atoms. The van der Waals surface area contributed by atoms with E-state index in [1.54, 1.807) is 0 Å². The summed E-state index contributed by atoms with van der Waals surface area (Å²) in [7, 11) is 0. The Labute approximate surface area is 113 Å². The van der Waals surface area contributed by atoms with Crippen LogP contribution in [-0.4, -0.2) is 6.61 Å². The van der Waals surface area contributed by atoms with Crippen LogP contribution in [0.15, 0.2) is 22.7 Å². The molecule has 0 amide bonds. The van der Waals surface area contributed by atoms with Crippen molar-refractivity contribution in [1.82, 2.24) is 0 Å². The molecule has 0 bridgehead atoms. The Morgan fingerprint density at radius 1 is 1.35 bits per heavy atom. The topological polar surface area (TPSA) is 35.2 Å². The average Bonchev–Trinajstić information content (AvgIpc) is 2.30. The van der Waals surface area contributed by atoms with Crippen molar-refractivity contribution in [2.45, 2.75) is 39.8 Å². The maximum atomic E-state index is 5.66. The van der Waals surface area contributed by atoms with Crippen LogP contribution in [0.4, 0.5) is 0 Å². The van der Waals surface area contributed by atoms with E-state index in [9.17, 15) is 0 Å². The normalized spacial score (nSPS) is 11.1. The Morgan fingerprint density at radius 2 is 2.12 bits per heavy atom. The SMILES string of the molecule is CC(C)CCCOCc1ccc(CN)cc1Br. The van der Waals surface area contributed by atoms with Gasteiger partial charge in [0, 0.05) is 17.6 Å². The van der Waals surface area contributed by atoms with Crippen molar-refractivity contribution in [3.8, 4) is 0 Å². The molecule has 1 aromatic rings. The molecule has 0 radical (unpaired) electrons. The molecule has 0 aliphatic heterocycles. The van der Waals surface area contributed by atoms with Crippen molar-refractivity contribution in [3.05, 3.63) is 33.8 Å². The van der Waals surface area contributed by atoms with Gasteiger partial charge in [0.2, 0.25) is 0 Å². The number of hydrogen-bond acceptors (Lipinski definition) is 2. The fourth-order valence-corrected chi connectivity index (χ4v) is 2.15. The Balaban J connectivity index is 2.32. The van der Waals surface area contributed by atoms with Crippen LogP contribution >= 0.6 is 15.9 Å². The maximum absolute atomic E-state index is 5.66. The first kappa shape index (κ1) is 14.7. The lowest BCUT2D eigenvalue weighted by molar-refractivity contribution is 0.114. The van der Waals surface area contributed by atoms with E-state index in [4.69, 9.17) is 10.5 Å². The molecule has 0 aliphatic carbocycles. The van der Waals surface area contributed by atoms with E-state index in [0.717, 1.165) is 29.0 Å². The summed E-state index contributed by atoms with van der Waals surface area (Å²) in [6.07, 6.45) is 2.36.